The first-order chi connectivity index (χ1) is 15.9. The number of carbonyl (C=O) groups is 1. The molecule has 0 atom stereocenters. The molecule has 3 aromatic rings. The van der Waals surface area contributed by atoms with Crippen LogP contribution in [0.1, 0.15) is 41.6 Å². The predicted octanol–water partition coefficient (Wildman–Crippen LogP) is 4.36. The maximum Gasteiger partial charge on any atom is 0.253 e. The van der Waals surface area contributed by atoms with Crippen molar-refractivity contribution in [3.8, 4) is 5.69 Å². The van der Waals surface area contributed by atoms with Gasteiger partial charge in [0.05, 0.1) is 16.9 Å². The van der Waals surface area contributed by atoms with Crippen LogP contribution in [-0.4, -0.2) is 53.4 Å². The number of carbonyl (C=O) groups excluding carboxylic acids is 1. The molecule has 0 bridgehead atoms. The average Bonchev–Trinajstić information content (AvgIpc) is 3.10. The van der Waals surface area contributed by atoms with Crippen LogP contribution in [0.3, 0.4) is 0 Å². The van der Waals surface area contributed by atoms with Gasteiger partial charge in [0, 0.05) is 44.0 Å². The number of aromatic nitrogens is 2. The Morgan fingerprint density at radius 2 is 1.76 bits per heavy atom. The highest BCUT2D eigenvalue weighted by atomic mass is 35.5. The maximum atomic E-state index is 13.2. The van der Waals surface area contributed by atoms with Crippen molar-refractivity contribution in [3.63, 3.8) is 0 Å². The van der Waals surface area contributed by atoms with Gasteiger partial charge in [-0.25, -0.2) is 13.1 Å². The Morgan fingerprint density at radius 3 is 2.45 bits per heavy atom. The molecule has 33 heavy (non-hydrogen) atoms. The van der Waals surface area contributed by atoms with Gasteiger partial charge in [0.2, 0.25) is 10.0 Å². The van der Waals surface area contributed by atoms with Crippen LogP contribution in [0.15, 0.2) is 65.8 Å². The second-order valence-electron chi connectivity index (χ2n) is 8.25. The molecule has 2 heterocycles. The van der Waals surface area contributed by atoms with Crippen molar-refractivity contribution >= 4 is 27.5 Å². The molecule has 1 aliphatic rings. The molecule has 1 saturated heterocycles. The summed E-state index contributed by atoms with van der Waals surface area (Å²) in [6.07, 6.45) is 7.28. The Morgan fingerprint density at radius 1 is 1.06 bits per heavy atom. The van der Waals surface area contributed by atoms with Gasteiger partial charge in [0.25, 0.3) is 5.91 Å². The van der Waals surface area contributed by atoms with Gasteiger partial charge in [-0.05, 0) is 43.2 Å². The van der Waals surface area contributed by atoms with Crippen LogP contribution in [0, 0.1) is 0 Å². The number of halogens is 1. The molecule has 2 aromatic carbocycles. The smallest absolute Gasteiger partial charge is 0.253 e. The van der Waals surface area contributed by atoms with E-state index in [0.29, 0.717) is 19.6 Å². The number of para-hydroxylation sites is 1. The van der Waals surface area contributed by atoms with Gasteiger partial charge in [0.1, 0.15) is 4.90 Å². The first kappa shape index (κ1) is 23.5. The van der Waals surface area contributed by atoms with Crippen LogP contribution < -0.4 is 0 Å². The number of rotatable bonds is 6. The first-order valence-electron chi connectivity index (χ1n) is 11.0. The van der Waals surface area contributed by atoms with Crippen molar-refractivity contribution in [2.45, 2.75) is 37.1 Å². The van der Waals surface area contributed by atoms with Crippen molar-refractivity contribution in [3.05, 3.63) is 77.1 Å². The summed E-state index contributed by atoms with van der Waals surface area (Å²) in [4.78, 5) is 14.6. The van der Waals surface area contributed by atoms with E-state index in [4.69, 9.17) is 11.6 Å². The molecule has 0 N–H and O–H groups in total. The van der Waals surface area contributed by atoms with Crippen molar-refractivity contribution in [2.75, 3.05) is 20.1 Å². The molecule has 0 radical (unpaired) electrons. The molecular formula is C24H27ClN4O3S. The lowest BCUT2D eigenvalue weighted by atomic mass is 10.2. The van der Waals surface area contributed by atoms with Crippen molar-refractivity contribution < 1.29 is 13.2 Å². The van der Waals surface area contributed by atoms with E-state index in [0.717, 1.165) is 36.9 Å². The second kappa shape index (κ2) is 10.1. The molecule has 4 rings (SSSR count). The number of benzene rings is 2. The third-order valence-corrected chi connectivity index (χ3v) is 8.16. The third-order valence-electron chi connectivity index (χ3n) is 5.78. The highest BCUT2D eigenvalue weighted by Crippen LogP contribution is 2.28. The fourth-order valence-electron chi connectivity index (χ4n) is 3.98. The molecule has 1 aliphatic heterocycles. The molecule has 9 heteroatoms. The molecule has 7 nitrogen and oxygen atoms in total. The Kier molecular flexibility index (Phi) is 7.17. The summed E-state index contributed by atoms with van der Waals surface area (Å²) >= 11 is 6.27. The van der Waals surface area contributed by atoms with Crippen LogP contribution in [0.25, 0.3) is 5.69 Å². The zero-order chi connectivity index (χ0) is 23.4. The highest BCUT2D eigenvalue weighted by molar-refractivity contribution is 7.89. The fourth-order valence-corrected chi connectivity index (χ4v) is 6.00. The van der Waals surface area contributed by atoms with Gasteiger partial charge in [-0.15, -0.1) is 0 Å². The summed E-state index contributed by atoms with van der Waals surface area (Å²) in [5, 5.41) is 4.49. The van der Waals surface area contributed by atoms with Crippen LogP contribution in [-0.2, 0) is 16.6 Å². The van der Waals surface area contributed by atoms with Gasteiger partial charge >= 0.3 is 0 Å². The number of amides is 1. The Balaban J connectivity index is 1.52. The molecule has 0 aliphatic carbocycles. The molecule has 1 fully saturated rings. The van der Waals surface area contributed by atoms with E-state index in [-0.39, 0.29) is 21.4 Å². The summed E-state index contributed by atoms with van der Waals surface area (Å²) in [6.45, 7) is 1.28. The predicted molar refractivity (Wildman–Crippen MR) is 128 cm³/mol. The molecular weight excluding hydrogens is 460 g/mol. The van der Waals surface area contributed by atoms with Crippen LogP contribution in [0.5, 0.6) is 0 Å². The maximum absolute atomic E-state index is 13.2. The molecule has 0 saturated carbocycles. The van der Waals surface area contributed by atoms with Gasteiger partial charge in [0.15, 0.2) is 0 Å². The Labute approximate surface area is 199 Å². The highest BCUT2D eigenvalue weighted by Gasteiger charge is 2.28. The van der Waals surface area contributed by atoms with E-state index >= 15 is 0 Å². The van der Waals surface area contributed by atoms with Gasteiger partial charge in [-0.3, -0.25) is 4.79 Å². The van der Waals surface area contributed by atoms with E-state index in [1.54, 1.807) is 24.0 Å². The molecule has 174 valence electrons. The SMILES string of the molecule is CN(Cc1cnn(-c2ccccc2)c1)C(=O)c1ccc(Cl)c(S(=O)(=O)N2CCCCCC2)c1. The quantitative estimate of drug-likeness (QED) is 0.518. The van der Waals surface area contributed by atoms with Gasteiger partial charge in [-0.1, -0.05) is 42.6 Å². The van der Waals surface area contributed by atoms with Crippen LogP contribution in [0.2, 0.25) is 5.02 Å². The van der Waals surface area contributed by atoms with E-state index in [1.807, 2.05) is 36.5 Å². The van der Waals surface area contributed by atoms with Crippen LogP contribution >= 0.6 is 11.6 Å². The van der Waals surface area contributed by atoms with Crippen molar-refractivity contribution in [2.24, 2.45) is 0 Å². The van der Waals surface area contributed by atoms with E-state index in [9.17, 15) is 13.2 Å². The summed E-state index contributed by atoms with van der Waals surface area (Å²) in [6, 6.07) is 14.2. The molecule has 1 aromatic heterocycles. The van der Waals surface area contributed by atoms with Crippen molar-refractivity contribution in [1.82, 2.24) is 19.0 Å². The number of nitrogens with zero attached hydrogens (tertiary/aromatic N) is 4. The lowest BCUT2D eigenvalue weighted by molar-refractivity contribution is 0.0785. The van der Waals surface area contributed by atoms with Crippen molar-refractivity contribution in [1.29, 1.82) is 0 Å². The topological polar surface area (TPSA) is 75.5 Å². The molecule has 0 unspecified atom stereocenters. The minimum atomic E-state index is -3.77. The monoisotopic (exact) mass is 486 g/mol. The second-order valence-corrected chi connectivity index (χ2v) is 10.6. The molecule has 0 spiro atoms. The normalized spacial score (nSPS) is 15.2. The Hall–Kier alpha value is -2.68. The zero-order valence-corrected chi connectivity index (χ0v) is 20.1. The standard InChI is InChI=1S/C24H27ClN4O3S/c1-27(17-19-16-26-29(18-19)21-9-5-4-6-10-21)24(30)20-11-12-22(25)23(15-20)33(31,32)28-13-7-2-3-8-14-28/h4-6,9-12,15-16,18H,2-3,7-8,13-14,17H2,1H3. The van der Waals surface area contributed by atoms with E-state index in [2.05, 4.69) is 5.10 Å². The van der Waals surface area contributed by atoms with E-state index in [1.165, 1.54) is 21.3 Å². The number of hydrogen-bond acceptors (Lipinski definition) is 4. The summed E-state index contributed by atoms with van der Waals surface area (Å²) in [5.41, 5.74) is 2.07. The largest absolute Gasteiger partial charge is 0.337 e. The lowest BCUT2D eigenvalue weighted by Gasteiger charge is -2.22. The first-order valence-corrected chi connectivity index (χ1v) is 12.8. The Bertz CT molecular complexity index is 1220. The lowest BCUT2D eigenvalue weighted by Crippen LogP contribution is -2.32. The molecule has 1 amide bonds. The summed E-state index contributed by atoms with van der Waals surface area (Å²) in [7, 11) is -2.09. The summed E-state index contributed by atoms with van der Waals surface area (Å²) < 4.78 is 29.7. The van der Waals surface area contributed by atoms with Gasteiger partial charge in [-0.2, -0.15) is 9.40 Å². The number of sulfonamides is 1. The fraction of sp³-hybridized carbons (Fsp3) is 0.333. The zero-order valence-electron chi connectivity index (χ0n) is 18.5. The minimum absolute atomic E-state index is 0.0118. The average molecular weight is 487 g/mol. The number of hydrogen-bond donors (Lipinski definition) is 0. The summed E-state index contributed by atoms with van der Waals surface area (Å²) in [5.74, 6) is -0.286. The van der Waals surface area contributed by atoms with E-state index < -0.39 is 10.0 Å². The third kappa shape index (κ3) is 5.29. The van der Waals surface area contributed by atoms with Gasteiger partial charge < -0.3 is 4.90 Å². The minimum Gasteiger partial charge on any atom is -0.337 e. The van der Waals surface area contributed by atoms with Crippen LogP contribution in [0.4, 0.5) is 0 Å².